The number of primary amides is 2. The van der Waals surface area contributed by atoms with Gasteiger partial charge in [-0.3, -0.25) is 19.2 Å². The molecule has 4 aliphatic heterocycles. The molecule has 6 heterocycles. The Balaban J connectivity index is 0.000000186. The van der Waals surface area contributed by atoms with E-state index in [1.54, 1.807) is 62.6 Å². The molecule has 62 heavy (non-hydrogen) atoms. The molecular formula is C44H46N10O8. The first kappa shape index (κ1) is 43.1. The largest absolute Gasteiger partial charge is 0.379 e. The van der Waals surface area contributed by atoms with Crippen molar-refractivity contribution in [2.75, 3.05) is 64.2 Å². The van der Waals surface area contributed by atoms with Gasteiger partial charge in [-0.1, -0.05) is 47.9 Å². The summed E-state index contributed by atoms with van der Waals surface area (Å²) in [5.74, 6) is 10.6. The zero-order chi connectivity index (χ0) is 44.0. The SMILES string of the molecule is CN1CC[C@@](O)(C#Cc2cccc(-c3nc(N[C@@H]4CCOC4)cc(C(N)=O)n3)c2)C1=O.CN1CC[C@@](O)(C#Cc2cccc(-c3nc(N[C@H]4CCOC4)cc(C(N)=O)n3)c2)C1=O. The lowest BCUT2D eigenvalue weighted by atomic mass is 10.0. The molecule has 4 amide bonds. The summed E-state index contributed by atoms with van der Waals surface area (Å²) < 4.78 is 10.7. The highest BCUT2D eigenvalue weighted by Gasteiger charge is 2.43. The molecule has 0 bridgehead atoms. The van der Waals surface area contributed by atoms with Gasteiger partial charge in [0.2, 0.25) is 11.2 Å². The summed E-state index contributed by atoms with van der Waals surface area (Å²) in [5, 5.41) is 27.5. The minimum atomic E-state index is -1.67. The summed E-state index contributed by atoms with van der Waals surface area (Å²) >= 11 is 0. The fraction of sp³-hybridized carbons (Fsp3) is 0.364. The Morgan fingerprint density at radius 2 is 1.11 bits per heavy atom. The number of nitrogens with zero attached hydrogens (tertiary/aromatic N) is 6. The lowest BCUT2D eigenvalue weighted by molar-refractivity contribution is -0.138. The molecule has 0 spiro atoms. The van der Waals surface area contributed by atoms with Crippen LogP contribution < -0.4 is 22.1 Å². The number of hydrogen-bond acceptors (Lipinski definition) is 14. The Bertz CT molecular complexity index is 2350. The van der Waals surface area contributed by atoms with Gasteiger partial charge in [0.25, 0.3) is 23.6 Å². The third-order valence-electron chi connectivity index (χ3n) is 10.6. The first-order valence-corrected chi connectivity index (χ1v) is 20.0. The number of likely N-dealkylation sites (tertiary alicyclic amines) is 2. The van der Waals surface area contributed by atoms with Crippen LogP contribution in [0.1, 0.15) is 57.8 Å². The molecule has 0 unspecified atom stereocenters. The van der Waals surface area contributed by atoms with Crippen molar-refractivity contribution in [3.8, 4) is 46.5 Å². The Kier molecular flexibility index (Phi) is 12.8. The molecule has 8 N–H and O–H groups in total. The summed E-state index contributed by atoms with van der Waals surface area (Å²) in [6.07, 6.45) is 2.21. The molecule has 2 aromatic heterocycles. The molecule has 4 saturated heterocycles. The number of aliphatic hydroxyl groups is 2. The minimum Gasteiger partial charge on any atom is -0.379 e. The number of likely N-dealkylation sites (N-methyl/N-ethyl adjacent to an activating group) is 2. The lowest BCUT2D eigenvalue weighted by Gasteiger charge is -2.13. The van der Waals surface area contributed by atoms with Crippen LogP contribution in [0.15, 0.2) is 60.7 Å². The zero-order valence-electron chi connectivity index (χ0n) is 34.2. The molecule has 18 heteroatoms. The Hall–Kier alpha value is -6.96. The predicted octanol–water partition coefficient (Wildman–Crippen LogP) is 0.776. The number of benzene rings is 2. The minimum absolute atomic E-state index is 0.0943. The van der Waals surface area contributed by atoms with Crippen LogP contribution in [0.4, 0.5) is 11.6 Å². The smallest absolute Gasteiger partial charge is 0.267 e. The maximum atomic E-state index is 12.1. The molecule has 4 aromatic rings. The zero-order valence-corrected chi connectivity index (χ0v) is 34.2. The molecule has 0 aliphatic carbocycles. The highest BCUT2D eigenvalue weighted by molar-refractivity contribution is 5.93. The molecule has 320 valence electrons. The molecule has 0 radical (unpaired) electrons. The van der Waals surface area contributed by atoms with E-state index in [-0.39, 0.29) is 36.3 Å². The van der Waals surface area contributed by atoms with Crippen LogP contribution in [-0.2, 0) is 19.1 Å². The fourth-order valence-corrected chi connectivity index (χ4v) is 7.03. The number of hydrogen-bond donors (Lipinski definition) is 6. The van der Waals surface area contributed by atoms with Crippen molar-refractivity contribution < 1.29 is 38.9 Å². The molecule has 4 fully saturated rings. The van der Waals surface area contributed by atoms with Gasteiger partial charge in [-0.15, -0.1) is 0 Å². The van der Waals surface area contributed by atoms with Gasteiger partial charge in [-0.25, -0.2) is 19.9 Å². The van der Waals surface area contributed by atoms with Crippen molar-refractivity contribution in [3.05, 3.63) is 83.2 Å². The predicted molar refractivity (Wildman–Crippen MR) is 226 cm³/mol. The second kappa shape index (κ2) is 18.3. The van der Waals surface area contributed by atoms with Gasteiger partial charge in [0.1, 0.15) is 23.0 Å². The van der Waals surface area contributed by atoms with E-state index in [0.29, 0.717) is 85.1 Å². The molecule has 4 atom stereocenters. The quantitative estimate of drug-likeness (QED) is 0.134. The van der Waals surface area contributed by atoms with E-state index in [0.717, 1.165) is 12.8 Å². The molecule has 0 saturated carbocycles. The number of rotatable bonds is 8. The standard InChI is InChI=1S/2C22H23N5O4/c2*1-27-9-8-22(30,21(27)29)7-5-14-3-2-4-15(11-14)20-25-17(19(23)28)12-18(26-20)24-16-6-10-31-13-16/h2*2-4,11-12,16,30H,6,8-10,13H2,1H3,(H2,23,28)(H,24,25,26)/t16-,22+;16-,22-/m10/s1. The lowest BCUT2D eigenvalue weighted by Crippen LogP contribution is -2.37. The van der Waals surface area contributed by atoms with Gasteiger partial charge in [0.05, 0.1) is 25.3 Å². The van der Waals surface area contributed by atoms with E-state index in [2.05, 4.69) is 54.3 Å². The van der Waals surface area contributed by atoms with Crippen LogP contribution in [0, 0.1) is 23.7 Å². The van der Waals surface area contributed by atoms with Crippen molar-refractivity contribution in [2.45, 2.75) is 49.0 Å². The monoisotopic (exact) mass is 842 g/mol. The van der Waals surface area contributed by atoms with Crippen LogP contribution in [0.3, 0.4) is 0 Å². The van der Waals surface area contributed by atoms with E-state index in [9.17, 15) is 29.4 Å². The molecule has 8 rings (SSSR count). The summed E-state index contributed by atoms with van der Waals surface area (Å²) in [4.78, 5) is 68.3. The first-order chi connectivity index (χ1) is 29.7. The number of anilines is 2. The maximum Gasteiger partial charge on any atom is 0.267 e. The van der Waals surface area contributed by atoms with Gasteiger partial charge < -0.3 is 51.6 Å². The summed E-state index contributed by atoms with van der Waals surface area (Å²) in [6, 6.07) is 17.3. The van der Waals surface area contributed by atoms with Crippen LogP contribution in [0.2, 0.25) is 0 Å². The average Bonchev–Trinajstić information content (AvgIpc) is 4.09. The van der Waals surface area contributed by atoms with E-state index >= 15 is 0 Å². The van der Waals surface area contributed by atoms with Crippen molar-refractivity contribution in [1.29, 1.82) is 0 Å². The number of amides is 4. The van der Waals surface area contributed by atoms with Crippen LogP contribution in [-0.4, -0.2) is 140 Å². The normalized spacial score (nSPS) is 22.8. The molecular weight excluding hydrogens is 797 g/mol. The summed E-state index contributed by atoms with van der Waals surface area (Å²) in [5.41, 5.74) is 10.2. The van der Waals surface area contributed by atoms with E-state index in [1.165, 1.54) is 21.9 Å². The fourth-order valence-electron chi connectivity index (χ4n) is 7.03. The summed E-state index contributed by atoms with van der Waals surface area (Å²) in [6.45, 7) is 3.38. The van der Waals surface area contributed by atoms with Gasteiger partial charge in [-0.05, 0) is 37.1 Å². The van der Waals surface area contributed by atoms with Crippen LogP contribution in [0.5, 0.6) is 0 Å². The van der Waals surface area contributed by atoms with Crippen molar-refractivity contribution in [2.24, 2.45) is 11.5 Å². The van der Waals surface area contributed by atoms with Crippen LogP contribution >= 0.6 is 0 Å². The third-order valence-corrected chi connectivity index (χ3v) is 10.6. The van der Waals surface area contributed by atoms with Crippen LogP contribution in [0.25, 0.3) is 22.8 Å². The van der Waals surface area contributed by atoms with Gasteiger partial charge in [-0.2, -0.15) is 0 Å². The van der Waals surface area contributed by atoms with Crippen molar-refractivity contribution in [3.63, 3.8) is 0 Å². The number of nitrogens with one attached hydrogen (secondary N) is 2. The number of aromatic nitrogens is 4. The van der Waals surface area contributed by atoms with Crippen molar-refractivity contribution >= 4 is 35.3 Å². The number of ether oxygens (including phenoxy) is 2. The molecule has 18 nitrogen and oxygen atoms in total. The topological polar surface area (TPSA) is 261 Å². The average molecular weight is 843 g/mol. The first-order valence-electron chi connectivity index (χ1n) is 20.0. The van der Waals surface area contributed by atoms with Gasteiger partial charge in [0.15, 0.2) is 11.6 Å². The second-order valence-corrected chi connectivity index (χ2v) is 15.4. The van der Waals surface area contributed by atoms with Gasteiger partial charge >= 0.3 is 0 Å². The number of carbonyl (C=O) groups is 4. The van der Waals surface area contributed by atoms with Gasteiger partial charge in [0, 0.05) is 87.6 Å². The maximum absolute atomic E-state index is 12.1. The molecule has 4 aliphatic rings. The molecule has 2 aromatic carbocycles. The second-order valence-electron chi connectivity index (χ2n) is 15.4. The van der Waals surface area contributed by atoms with E-state index < -0.39 is 34.8 Å². The van der Waals surface area contributed by atoms with Crippen molar-refractivity contribution in [1.82, 2.24) is 29.7 Å². The number of carbonyl (C=O) groups excluding carboxylic acids is 4. The Morgan fingerprint density at radius 3 is 1.45 bits per heavy atom. The summed E-state index contributed by atoms with van der Waals surface area (Å²) in [7, 11) is 3.27. The highest BCUT2D eigenvalue weighted by atomic mass is 16.5. The number of nitrogens with two attached hydrogens (primary N) is 2. The van der Waals surface area contributed by atoms with E-state index in [1.807, 2.05) is 0 Å². The Labute approximate surface area is 357 Å². The third kappa shape index (κ3) is 10.1. The van der Waals surface area contributed by atoms with E-state index in [4.69, 9.17) is 20.9 Å². The Morgan fingerprint density at radius 1 is 0.694 bits per heavy atom. The highest BCUT2D eigenvalue weighted by Crippen LogP contribution is 2.25.